The highest BCUT2D eigenvalue weighted by molar-refractivity contribution is 5.89. The fourth-order valence-electron chi connectivity index (χ4n) is 1.72. The minimum absolute atomic E-state index is 0.0799. The maximum Gasteiger partial charge on any atom is 0.355 e. The zero-order valence-electron chi connectivity index (χ0n) is 9.39. The van der Waals surface area contributed by atoms with E-state index in [4.69, 9.17) is 9.84 Å². The smallest absolute Gasteiger partial charge is 0.355 e. The van der Waals surface area contributed by atoms with Crippen LogP contribution in [0.1, 0.15) is 41.2 Å². The lowest BCUT2D eigenvalue weighted by molar-refractivity contribution is 0.0519. The van der Waals surface area contributed by atoms with Crippen LogP contribution in [-0.2, 0) is 17.8 Å². The third-order valence-electron chi connectivity index (χ3n) is 2.46. The number of aromatic nitrogens is 1. The van der Waals surface area contributed by atoms with E-state index in [9.17, 15) is 4.79 Å². The summed E-state index contributed by atoms with van der Waals surface area (Å²) in [4.78, 5) is 14.4. The molecule has 0 aromatic carbocycles. The average molecular weight is 211 g/mol. The number of rotatable bonds is 4. The molecule has 0 aliphatic carbocycles. The first-order valence-corrected chi connectivity index (χ1v) is 5.13. The van der Waals surface area contributed by atoms with Gasteiger partial charge in [0.05, 0.1) is 13.2 Å². The lowest BCUT2D eigenvalue weighted by Crippen LogP contribution is -2.06. The molecule has 0 saturated carbocycles. The van der Waals surface area contributed by atoms with Gasteiger partial charge in [-0.3, -0.25) is 0 Å². The molecule has 0 bridgehead atoms. The molecule has 0 radical (unpaired) electrons. The van der Waals surface area contributed by atoms with Gasteiger partial charge in [-0.15, -0.1) is 0 Å². The van der Waals surface area contributed by atoms with Crippen molar-refractivity contribution in [1.82, 2.24) is 4.98 Å². The van der Waals surface area contributed by atoms with Crippen LogP contribution in [0.5, 0.6) is 0 Å². The number of hydrogen-bond acceptors (Lipinski definition) is 3. The number of nitrogens with one attached hydrogen (secondary N) is 1. The molecule has 84 valence electrons. The topological polar surface area (TPSA) is 62.3 Å². The van der Waals surface area contributed by atoms with E-state index in [1.165, 1.54) is 0 Å². The summed E-state index contributed by atoms with van der Waals surface area (Å²) in [6.45, 7) is 5.89. The molecule has 0 amide bonds. The monoisotopic (exact) mass is 211 g/mol. The van der Waals surface area contributed by atoms with E-state index < -0.39 is 0 Å². The van der Waals surface area contributed by atoms with Gasteiger partial charge >= 0.3 is 5.97 Å². The average Bonchev–Trinajstić information content (AvgIpc) is 2.55. The fraction of sp³-hybridized carbons (Fsp3) is 0.545. The van der Waals surface area contributed by atoms with Crippen LogP contribution in [0.25, 0.3) is 0 Å². The first-order chi connectivity index (χ1) is 7.15. The van der Waals surface area contributed by atoms with Crippen LogP contribution >= 0.6 is 0 Å². The Labute approximate surface area is 89.3 Å². The maximum absolute atomic E-state index is 11.5. The zero-order chi connectivity index (χ0) is 11.4. The van der Waals surface area contributed by atoms with Gasteiger partial charge in [0.1, 0.15) is 5.69 Å². The summed E-state index contributed by atoms with van der Waals surface area (Å²) >= 11 is 0. The van der Waals surface area contributed by atoms with Gasteiger partial charge in [0.25, 0.3) is 0 Å². The number of aromatic amines is 1. The molecule has 1 aromatic rings. The number of carbonyl (C=O) groups excluding carboxylic acids is 1. The molecule has 0 aliphatic heterocycles. The zero-order valence-corrected chi connectivity index (χ0v) is 9.39. The Hall–Kier alpha value is -1.29. The molecule has 2 N–H and O–H groups in total. The van der Waals surface area contributed by atoms with Crippen molar-refractivity contribution in [2.75, 3.05) is 6.61 Å². The molecule has 15 heavy (non-hydrogen) atoms. The van der Waals surface area contributed by atoms with Crippen molar-refractivity contribution in [2.24, 2.45) is 0 Å². The third kappa shape index (κ3) is 2.21. The van der Waals surface area contributed by atoms with Crippen LogP contribution < -0.4 is 0 Å². The molecular formula is C11H17NO3. The summed E-state index contributed by atoms with van der Waals surface area (Å²) in [6.07, 6.45) is 0.789. The normalized spacial score (nSPS) is 10.4. The first-order valence-electron chi connectivity index (χ1n) is 5.13. The molecule has 1 heterocycles. The SMILES string of the molecule is CCOC(=O)c1[nH]c(CO)c(CC)c1C. The van der Waals surface area contributed by atoms with Crippen molar-refractivity contribution in [2.45, 2.75) is 33.8 Å². The van der Waals surface area contributed by atoms with Crippen molar-refractivity contribution in [3.05, 3.63) is 22.5 Å². The summed E-state index contributed by atoms with van der Waals surface area (Å²) in [5.41, 5.74) is 3.04. The van der Waals surface area contributed by atoms with Crippen LogP contribution in [-0.4, -0.2) is 22.7 Å². The highest BCUT2D eigenvalue weighted by Crippen LogP contribution is 2.19. The summed E-state index contributed by atoms with van der Waals surface area (Å²) in [6, 6.07) is 0. The second kappa shape index (κ2) is 4.98. The molecule has 0 unspecified atom stereocenters. The number of aliphatic hydroxyl groups excluding tert-OH is 1. The van der Waals surface area contributed by atoms with E-state index in [2.05, 4.69) is 4.98 Å². The lowest BCUT2D eigenvalue weighted by Gasteiger charge is -2.00. The quantitative estimate of drug-likeness (QED) is 0.743. The van der Waals surface area contributed by atoms with E-state index in [0.29, 0.717) is 18.0 Å². The van der Waals surface area contributed by atoms with E-state index in [-0.39, 0.29) is 12.6 Å². The van der Waals surface area contributed by atoms with Gasteiger partial charge < -0.3 is 14.8 Å². The van der Waals surface area contributed by atoms with Crippen LogP contribution in [0.4, 0.5) is 0 Å². The van der Waals surface area contributed by atoms with Gasteiger partial charge in [0.2, 0.25) is 0 Å². The van der Waals surface area contributed by atoms with Crippen molar-refractivity contribution in [3.8, 4) is 0 Å². The van der Waals surface area contributed by atoms with Gasteiger partial charge in [-0.25, -0.2) is 4.79 Å². The van der Waals surface area contributed by atoms with Crippen LogP contribution in [0.2, 0.25) is 0 Å². The number of aliphatic hydroxyl groups is 1. The molecule has 1 aromatic heterocycles. The lowest BCUT2D eigenvalue weighted by atomic mass is 10.1. The molecule has 0 spiro atoms. The van der Waals surface area contributed by atoms with Crippen molar-refractivity contribution >= 4 is 5.97 Å². The summed E-state index contributed by atoms with van der Waals surface area (Å²) in [5, 5.41) is 9.12. The van der Waals surface area contributed by atoms with E-state index >= 15 is 0 Å². The predicted molar refractivity (Wildman–Crippen MR) is 56.8 cm³/mol. The largest absolute Gasteiger partial charge is 0.461 e. The van der Waals surface area contributed by atoms with Gasteiger partial charge in [0.15, 0.2) is 0 Å². The van der Waals surface area contributed by atoms with Crippen LogP contribution in [0, 0.1) is 6.92 Å². The fourth-order valence-corrected chi connectivity index (χ4v) is 1.72. The van der Waals surface area contributed by atoms with Crippen molar-refractivity contribution in [1.29, 1.82) is 0 Å². The second-order valence-electron chi connectivity index (χ2n) is 3.31. The molecule has 0 saturated heterocycles. The molecule has 4 nitrogen and oxygen atoms in total. The number of carbonyl (C=O) groups is 1. The van der Waals surface area contributed by atoms with Gasteiger partial charge in [-0.2, -0.15) is 0 Å². The summed E-state index contributed by atoms with van der Waals surface area (Å²) < 4.78 is 4.91. The van der Waals surface area contributed by atoms with Crippen molar-refractivity contribution in [3.63, 3.8) is 0 Å². The number of esters is 1. The molecule has 4 heteroatoms. The molecule has 0 atom stereocenters. The number of ether oxygens (including phenoxy) is 1. The third-order valence-corrected chi connectivity index (χ3v) is 2.46. The Bertz CT molecular complexity index is 355. The summed E-state index contributed by atoms with van der Waals surface area (Å²) in [7, 11) is 0. The summed E-state index contributed by atoms with van der Waals surface area (Å²) in [5.74, 6) is -0.357. The van der Waals surface area contributed by atoms with Crippen LogP contribution in [0.3, 0.4) is 0 Å². The Morgan fingerprint density at radius 3 is 2.53 bits per heavy atom. The second-order valence-corrected chi connectivity index (χ2v) is 3.31. The minimum atomic E-state index is -0.357. The molecule has 0 aliphatic rings. The van der Waals surface area contributed by atoms with Gasteiger partial charge in [-0.05, 0) is 31.4 Å². The number of H-pyrrole nitrogens is 1. The highest BCUT2D eigenvalue weighted by atomic mass is 16.5. The van der Waals surface area contributed by atoms with E-state index in [1.807, 2.05) is 13.8 Å². The van der Waals surface area contributed by atoms with Gasteiger partial charge in [-0.1, -0.05) is 6.92 Å². The van der Waals surface area contributed by atoms with Gasteiger partial charge in [0, 0.05) is 5.69 Å². The maximum atomic E-state index is 11.5. The Kier molecular flexibility index (Phi) is 3.91. The Morgan fingerprint density at radius 2 is 2.13 bits per heavy atom. The van der Waals surface area contributed by atoms with E-state index in [1.54, 1.807) is 6.92 Å². The Morgan fingerprint density at radius 1 is 1.47 bits per heavy atom. The Balaban J connectivity index is 3.09. The molecule has 0 fully saturated rings. The first kappa shape index (κ1) is 11.8. The van der Waals surface area contributed by atoms with E-state index in [0.717, 1.165) is 17.5 Å². The van der Waals surface area contributed by atoms with Crippen LogP contribution in [0.15, 0.2) is 0 Å². The molecular weight excluding hydrogens is 194 g/mol. The number of hydrogen-bond donors (Lipinski definition) is 2. The highest BCUT2D eigenvalue weighted by Gasteiger charge is 2.18. The minimum Gasteiger partial charge on any atom is -0.461 e. The predicted octanol–water partition coefficient (Wildman–Crippen LogP) is 1.55. The molecule has 1 rings (SSSR count). The van der Waals surface area contributed by atoms with Crippen molar-refractivity contribution < 1.29 is 14.6 Å². The standard InChI is InChI=1S/C11H17NO3/c1-4-8-7(3)10(11(14)15-5-2)12-9(8)6-13/h12-13H,4-6H2,1-3H3.